The van der Waals surface area contributed by atoms with Crippen molar-refractivity contribution in [3.8, 4) is 0 Å². The van der Waals surface area contributed by atoms with Crippen molar-refractivity contribution in [2.75, 3.05) is 17.2 Å². The highest BCUT2D eigenvalue weighted by Crippen LogP contribution is 2.32. The van der Waals surface area contributed by atoms with Crippen LogP contribution in [0.25, 0.3) is 0 Å². The molecule has 1 aliphatic rings. The molecule has 1 aromatic carbocycles. The second-order valence-corrected chi connectivity index (χ2v) is 8.81. The summed E-state index contributed by atoms with van der Waals surface area (Å²) in [4.78, 5) is 2.54. The Balaban J connectivity index is 2.25. The summed E-state index contributed by atoms with van der Waals surface area (Å²) in [5.41, 5.74) is 2.73. The first-order chi connectivity index (χ1) is 9.78. The molecule has 1 aliphatic heterocycles. The summed E-state index contributed by atoms with van der Waals surface area (Å²) in [7, 11) is 0. The lowest BCUT2D eigenvalue weighted by Gasteiger charge is -2.40. The fourth-order valence-corrected chi connectivity index (χ4v) is 3.90. The standard InChI is InChI=1S/C17H27ClN2S/c1-12-13(2)21-9-8-20(12)16-7-6-15(18)10-14(16)11-19-17(3,4)5/h6-7,10,12-13,19H,8-9,11H2,1-5H3. The van der Waals surface area contributed by atoms with Crippen molar-refractivity contribution >= 4 is 29.1 Å². The molecule has 2 rings (SSSR count). The van der Waals surface area contributed by atoms with Gasteiger partial charge in [0.2, 0.25) is 0 Å². The Kier molecular flexibility index (Phi) is 5.50. The summed E-state index contributed by atoms with van der Waals surface area (Å²) < 4.78 is 0. The van der Waals surface area contributed by atoms with E-state index in [0.717, 1.165) is 18.1 Å². The molecule has 2 unspecified atom stereocenters. The van der Waals surface area contributed by atoms with Gasteiger partial charge in [-0.2, -0.15) is 11.8 Å². The average Bonchev–Trinajstić information content (AvgIpc) is 2.39. The molecular formula is C17H27ClN2S. The molecular weight excluding hydrogens is 300 g/mol. The summed E-state index contributed by atoms with van der Waals surface area (Å²) in [6.45, 7) is 13.2. The number of hydrogen-bond donors (Lipinski definition) is 1. The third-order valence-electron chi connectivity index (χ3n) is 4.04. The van der Waals surface area contributed by atoms with E-state index in [2.05, 4.69) is 68.7 Å². The van der Waals surface area contributed by atoms with E-state index in [9.17, 15) is 0 Å². The van der Waals surface area contributed by atoms with E-state index in [0.29, 0.717) is 11.3 Å². The third-order valence-corrected chi connectivity index (χ3v) is 5.62. The molecule has 1 N–H and O–H groups in total. The maximum absolute atomic E-state index is 6.22. The quantitative estimate of drug-likeness (QED) is 0.876. The minimum atomic E-state index is 0.107. The van der Waals surface area contributed by atoms with E-state index in [1.165, 1.54) is 17.0 Å². The molecule has 0 spiro atoms. The highest BCUT2D eigenvalue weighted by Gasteiger charge is 2.27. The van der Waals surface area contributed by atoms with E-state index in [-0.39, 0.29) is 5.54 Å². The molecule has 2 atom stereocenters. The molecule has 21 heavy (non-hydrogen) atoms. The molecule has 4 heteroatoms. The van der Waals surface area contributed by atoms with Crippen LogP contribution < -0.4 is 10.2 Å². The van der Waals surface area contributed by atoms with Crippen molar-refractivity contribution < 1.29 is 0 Å². The van der Waals surface area contributed by atoms with Crippen molar-refractivity contribution in [3.05, 3.63) is 28.8 Å². The number of nitrogens with zero attached hydrogens (tertiary/aromatic N) is 1. The van der Waals surface area contributed by atoms with Gasteiger partial charge in [0.15, 0.2) is 0 Å². The summed E-state index contributed by atoms with van der Waals surface area (Å²) in [6.07, 6.45) is 0. The number of hydrogen-bond acceptors (Lipinski definition) is 3. The number of nitrogens with one attached hydrogen (secondary N) is 1. The van der Waals surface area contributed by atoms with Crippen molar-refractivity contribution in [2.45, 2.75) is 58.0 Å². The highest BCUT2D eigenvalue weighted by atomic mass is 35.5. The van der Waals surface area contributed by atoms with Gasteiger partial charge in [0.25, 0.3) is 0 Å². The second-order valence-electron chi connectivity index (χ2n) is 6.89. The Morgan fingerprint density at radius 2 is 2.05 bits per heavy atom. The predicted octanol–water partition coefficient (Wildman–Crippen LogP) is 4.56. The van der Waals surface area contributed by atoms with Gasteiger partial charge in [-0.15, -0.1) is 0 Å². The fourth-order valence-electron chi connectivity index (χ4n) is 2.61. The lowest BCUT2D eigenvalue weighted by atomic mass is 10.1. The first kappa shape index (κ1) is 17.0. The molecule has 0 saturated carbocycles. The van der Waals surface area contributed by atoms with Crippen LogP contribution in [0.15, 0.2) is 18.2 Å². The van der Waals surface area contributed by atoms with Gasteiger partial charge in [-0.1, -0.05) is 18.5 Å². The van der Waals surface area contributed by atoms with Crippen LogP contribution in [0.5, 0.6) is 0 Å². The minimum absolute atomic E-state index is 0.107. The molecule has 1 aromatic rings. The molecule has 0 radical (unpaired) electrons. The van der Waals surface area contributed by atoms with Crippen LogP contribution in [-0.2, 0) is 6.54 Å². The summed E-state index contributed by atoms with van der Waals surface area (Å²) in [5.74, 6) is 1.19. The summed E-state index contributed by atoms with van der Waals surface area (Å²) in [6, 6.07) is 6.85. The van der Waals surface area contributed by atoms with Crippen LogP contribution in [-0.4, -0.2) is 29.1 Å². The van der Waals surface area contributed by atoms with Crippen molar-refractivity contribution in [3.63, 3.8) is 0 Å². The number of benzene rings is 1. The zero-order valence-electron chi connectivity index (χ0n) is 13.7. The molecule has 0 amide bonds. The second kappa shape index (κ2) is 6.80. The van der Waals surface area contributed by atoms with Gasteiger partial charge in [0.1, 0.15) is 0 Å². The lowest BCUT2D eigenvalue weighted by molar-refractivity contribution is 0.424. The maximum Gasteiger partial charge on any atom is 0.0415 e. The molecule has 0 aromatic heterocycles. The largest absolute Gasteiger partial charge is 0.367 e. The van der Waals surface area contributed by atoms with Crippen LogP contribution >= 0.6 is 23.4 Å². The molecule has 1 fully saturated rings. The Bertz CT molecular complexity index is 484. The van der Waals surface area contributed by atoms with Crippen LogP contribution in [0.3, 0.4) is 0 Å². The van der Waals surface area contributed by atoms with Gasteiger partial charge in [-0.05, 0) is 51.5 Å². The van der Waals surface area contributed by atoms with E-state index in [1.807, 2.05) is 6.07 Å². The van der Waals surface area contributed by atoms with Crippen molar-refractivity contribution in [1.29, 1.82) is 0 Å². The third kappa shape index (κ3) is 4.54. The smallest absolute Gasteiger partial charge is 0.0415 e. The molecule has 0 bridgehead atoms. The molecule has 0 aliphatic carbocycles. The number of thioether (sulfide) groups is 1. The number of anilines is 1. The fraction of sp³-hybridized carbons (Fsp3) is 0.647. The van der Waals surface area contributed by atoms with E-state index >= 15 is 0 Å². The van der Waals surface area contributed by atoms with Gasteiger partial charge >= 0.3 is 0 Å². The molecule has 1 heterocycles. The lowest BCUT2D eigenvalue weighted by Crippen LogP contribution is -2.45. The highest BCUT2D eigenvalue weighted by molar-refractivity contribution is 8.00. The summed E-state index contributed by atoms with van der Waals surface area (Å²) >= 11 is 8.29. The number of rotatable bonds is 3. The van der Waals surface area contributed by atoms with Crippen LogP contribution in [0.4, 0.5) is 5.69 Å². The summed E-state index contributed by atoms with van der Waals surface area (Å²) in [5, 5.41) is 5.06. The van der Waals surface area contributed by atoms with Crippen molar-refractivity contribution in [2.24, 2.45) is 0 Å². The van der Waals surface area contributed by atoms with Gasteiger partial charge in [-0.3, -0.25) is 0 Å². The Hall–Kier alpha value is -0.380. The van der Waals surface area contributed by atoms with Gasteiger partial charge in [0, 0.05) is 46.4 Å². The van der Waals surface area contributed by atoms with Gasteiger partial charge in [0.05, 0.1) is 0 Å². The van der Waals surface area contributed by atoms with Crippen LogP contribution in [0.2, 0.25) is 5.02 Å². The molecule has 1 saturated heterocycles. The van der Waals surface area contributed by atoms with Crippen LogP contribution in [0.1, 0.15) is 40.2 Å². The minimum Gasteiger partial charge on any atom is -0.367 e. The zero-order valence-corrected chi connectivity index (χ0v) is 15.3. The monoisotopic (exact) mass is 326 g/mol. The Morgan fingerprint density at radius 1 is 1.33 bits per heavy atom. The topological polar surface area (TPSA) is 15.3 Å². The van der Waals surface area contributed by atoms with E-state index < -0.39 is 0 Å². The molecule has 118 valence electrons. The van der Waals surface area contributed by atoms with E-state index in [4.69, 9.17) is 11.6 Å². The van der Waals surface area contributed by atoms with E-state index in [1.54, 1.807) is 0 Å². The SMILES string of the molecule is CC1SCCN(c2ccc(Cl)cc2CNC(C)(C)C)C1C. The normalized spacial score (nSPS) is 23.4. The Morgan fingerprint density at radius 3 is 2.71 bits per heavy atom. The Labute approximate surface area is 138 Å². The van der Waals surface area contributed by atoms with Crippen molar-refractivity contribution in [1.82, 2.24) is 5.32 Å². The number of halogens is 1. The first-order valence-electron chi connectivity index (χ1n) is 7.69. The van der Waals surface area contributed by atoms with Gasteiger partial charge < -0.3 is 10.2 Å². The van der Waals surface area contributed by atoms with Gasteiger partial charge in [-0.25, -0.2) is 0 Å². The maximum atomic E-state index is 6.22. The first-order valence-corrected chi connectivity index (χ1v) is 9.12. The average molecular weight is 327 g/mol. The zero-order chi connectivity index (χ0) is 15.6. The molecule has 2 nitrogen and oxygen atoms in total. The van der Waals surface area contributed by atoms with Crippen LogP contribution in [0, 0.1) is 0 Å². The predicted molar refractivity (Wildman–Crippen MR) is 96.8 cm³/mol.